The molecule has 0 aromatic rings. The number of hydrogen-bond donors (Lipinski definition) is 1. The van der Waals surface area contributed by atoms with E-state index in [4.69, 9.17) is 10.5 Å². The zero-order chi connectivity index (χ0) is 12.3. The summed E-state index contributed by atoms with van der Waals surface area (Å²) in [7, 11) is 0. The zero-order valence-electron chi connectivity index (χ0n) is 10.7. The highest BCUT2D eigenvalue weighted by Gasteiger charge is 2.30. The Morgan fingerprint density at radius 2 is 2.29 bits per heavy atom. The van der Waals surface area contributed by atoms with E-state index < -0.39 is 0 Å². The van der Waals surface area contributed by atoms with E-state index in [1.807, 2.05) is 4.90 Å². The van der Waals surface area contributed by atoms with Crippen LogP contribution in [0.4, 0.5) is 0 Å². The Morgan fingerprint density at radius 3 is 2.94 bits per heavy atom. The molecule has 0 aliphatic carbocycles. The Morgan fingerprint density at radius 1 is 1.47 bits per heavy atom. The lowest BCUT2D eigenvalue weighted by atomic mass is 9.91. The normalized spacial score (nSPS) is 34.0. The van der Waals surface area contributed by atoms with Gasteiger partial charge in [-0.1, -0.05) is 6.92 Å². The summed E-state index contributed by atoms with van der Waals surface area (Å²) in [6.07, 6.45) is 3.85. The Kier molecular flexibility index (Phi) is 4.40. The largest absolute Gasteiger partial charge is 0.381 e. The number of ether oxygens (including phenoxy) is 1. The van der Waals surface area contributed by atoms with Gasteiger partial charge in [-0.2, -0.15) is 0 Å². The van der Waals surface area contributed by atoms with Gasteiger partial charge in [0.15, 0.2) is 0 Å². The summed E-state index contributed by atoms with van der Waals surface area (Å²) >= 11 is 0. The molecule has 0 aromatic carbocycles. The summed E-state index contributed by atoms with van der Waals surface area (Å²) in [5.41, 5.74) is 5.78. The maximum atomic E-state index is 12.2. The van der Waals surface area contributed by atoms with Gasteiger partial charge < -0.3 is 15.4 Å². The van der Waals surface area contributed by atoms with Crippen LogP contribution in [0.15, 0.2) is 0 Å². The van der Waals surface area contributed by atoms with Gasteiger partial charge in [-0.15, -0.1) is 0 Å². The lowest BCUT2D eigenvalue weighted by Crippen LogP contribution is -2.49. The number of amides is 1. The minimum Gasteiger partial charge on any atom is -0.381 e. The van der Waals surface area contributed by atoms with Crippen molar-refractivity contribution in [2.45, 2.75) is 38.6 Å². The number of hydrogen-bond acceptors (Lipinski definition) is 3. The molecule has 4 nitrogen and oxygen atoms in total. The minimum absolute atomic E-state index is 0.258. The van der Waals surface area contributed by atoms with Crippen LogP contribution in [0.2, 0.25) is 0 Å². The summed E-state index contributed by atoms with van der Waals surface area (Å²) in [6.45, 7) is 5.29. The van der Waals surface area contributed by atoms with Crippen molar-refractivity contribution in [3.63, 3.8) is 0 Å². The third-order valence-corrected chi connectivity index (χ3v) is 4.06. The lowest BCUT2D eigenvalue weighted by molar-refractivity contribution is -0.136. The van der Waals surface area contributed by atoms with Crippen LogP contribution in [0.25, 0.3) is 0 Å². The number of likely N-dealkylation sites (tertiary alicyclic amines) is 1. The van der Waals surface area contributed by atoms with Crippen molar-refractivity contribution < 1.29 is 9.53 Å². The number of nitrogens with zero attached hydrogens (tertiary/aromatic N) is 1. The lowest BCUT2D eigenvalue weighted by Gasteiger charge is -2.38. The molecule has 0 saturated carbocycles. The minimum atomic E-state index is 0.258. The highest BCUT2D eigenvalue weighted by atomic mass is 16.5. The van der Waals surface area contributed by atoms with E-state index in [2.05, 4.69) is 6.92 Å². The quantitative estimate of drug-likeness (QED) is 0.800. The number of carbonyl (C=O) groups is 1. The molecule has 2 fully saturated rings. The second kappa shape index (κ2) is 5.83. The van der Waals surface area contributed by atoms with E-state index in [-0.39, 0.29) is 11.9 Å². The number of piperidine rings is 1. The van der Waals surface area contributed by atoms with Crippen LogP contribution in [-0.4, -0.2) is 43.2 Å². The average molecular weight is 240 g/mol. The van der Waals surface area contributed by atoms with E-state index in [1.165, 1.54) is 0 Å². The summed E-state index contributed by atoms with van der Waals surface area (Å²) in [6, 6.07) is 0.258. The first kappa shape index (κ1) is 12.8. The second-order valence-electron chi connectivity index (χ2n) is 5.54. The van der Waals surface area contributed by atoms with E-state index >= 15 is 0 Å². The van der Waals surface area contributed by atoms with Gasteiger partial charge in [0, 0.05) is 38.8 Å². The fraction of sp³-hybridized carbons (Fsp3) is 0.923. The molecular weight excluding hydrogens is 216 g/mol. The van der Waals surface area contributed by atoms with Gasteiger partial charge in [0.05, 0.1) is 0 Å². The first-order chi connectivity index (χ1) is 8.20. The maximum Gasteiger partial charge on any atom is 0.223 e. The average Bonchev–Trinajstić information content (AvgIpc) is 2.81. The summed E-state index contributed by atoms with van der Waals surface area (Å²) in [5.74, 6) is 1.41. The monoisotopic (exact) mass is 240 g/mol. The van der Waals surface area contributed by atoms with Crippen molar-refractivity contribution in [2.24, 2.45) is 17.6 Å². The maximum absolute atomic E-state index is 12.2. The third-order valence-electron chi connectivity index (χ3n) is 4.06. The second-order valence-corrected chi connectivity index (χ2v) is 5.54. The molecule has 0 aromatic heterocycles. The van der Waals surface area contributed by atoms with Crippen molar-refractivity contribution in [2.75, 3.05) is 26.3 Å². The van der Waals surface area contributed by atoms with Crippen molar-refractivity contribution >= 4 is 5.91 Å². The van der Waals surface area contributed by atoms with E-state index in [0.717, 1.165) is 39.0 Å². The molecule has 2 N–H and O–H groups in total. The van der Waals surface area contributed by atoms with Crippen LogP contribution < -0.4 is 5.73 Å². The molecule has 3 unspecified atom stereocenters. The smallest absolute Gasteiger partial charge is 0.223 e. The Balaban J connectivity index is 1.88. The summed E-state index contributed by atoms with van der Waals surface area (Å²) < 4.78 is 5.32. The number of rotatable bonds is 3. The van der Waals surface area contributed by atoms with Gasteiger partial charge in [-0.25, -0.2) is 0 Å². The number of nitrogens with two attached hydrogens (primary N) is 1. The predicted octanol–water partition coefficient (Wildman–Crippen LogP) is 0.999. The molecule has 4 heteroatoms. The molecule has 17 heavy (non-hydrogen) atoms. The van der Waals surface area contributed by atoms with E-state index in [9.17, 15) is 4.79 Å². The van der Waals surface area contributed by atoms with E-state index in [0.29, 0.717) is 24.8 Å². The van der Waals surface area contributed by atoms with Crippen LogP contribution in [0.1, 0.15) is 32.6 Å². The molecule has 2 heterocycles. The topological polar surface area (TPSA) is 55.6 Å². The first-order valence-electron chi connectivity index (χ1n) is 6.78. The van der Waals surface area contributed by atoms with E-state index in [1.54, 1.807) is 0 Å². The third kappa shape index (κ3) is 3.19. The molecule has 3 atom stereocenters. The Labute approximate surface area is 103 Å². The van der Waals surface area contributed by atoms with Crippen molar-refractivity contribution in [1.29, 1.82) is 0 Å². The molecule has 0 bridgehead atoms. The van der Waals surface area contributed by atoms with Crippen LogP contribution in [0, 0.1) is 11.8 Å². The van der Waals surface area contributed by atoms with Crippen LogP contribution >= 0.6 is 0 Å². The van der Waals surface area contributed by atoms with Gasteiger partial charge in [0.25, 0.3) is 0 Å². The molecule has 2 saturated heterocycles. The van der Waals surface area contributed by atoms with Crippen LogP contribution in [-0.2, 0) is 9.53 Å². The molecule has 0 radical (unpaired) electrons. The summed E-state index contributed by atoms with van der Waals surface area (Å²) in [5, 5.41) is 0. The molecule has 0 spiro atoms. The van der Waals surface area contributed by atoms with Gasteiger partial charge in [0.2, 0.25) is 5.91 Å². The van der Waals surface area contributed by atoms with Crippen LogP contribution in [0.3, 0.4) is 0 Å². The Bertz CT molecular complexity index is 264. The van der Waals surface area contributed by atoms with Gasteiger partial charge >= 0.3 is 0 Å². The molecule has 98 valence electrons. The fourth-order valence-electron chi connectivity index (χ4n) is 2.91. The van der Waals surface area contributed by atoms with Gasteiger partial charge in [-0.3, -0.25) is 4.79 Å². The highest BCUT2D eigenvalue weighted by Crippen LogP contribution is 2.25. The van der Waals surface area contributed by atoms with Gasteiger partial charge in [-0.05, 0) is 31.1 Å². The van der Waals surface area contributed by atoms with Gasteiger partial charge in [0.1, 0.15) is 0 Å². The zero-order valence-corrected chi connectivity index (χ0v) is 10.7. The Hall–Kier alpha value is -0.610. The van der Waals surface area contributed by atoms with Crippen molar-refractivity contribution in [1.82, 2.24) is 4.90 Å². The standard InChI is InChI=1S/C13H24N2O2/c1-10-2-4-15(12(6-10)8-14)13(16)7-11-3-5-17-9-11/h10-12H,2-9,14H2,1H3. The molecule has 2 rings (SSSR count). The molecule has 1 amide bonds. The van der Waals surface area contributed by atoms with Crippen molar-refractivity contribution in [3.05, 3.63) is 0 Å². The highest BCUT2D eigenvalue weighted by molar-refractivity contribution is 5.77. The SMILES string of the molecule is CC1CCN(C(=O)CC2CCOC2)C(CN)C1. The number of carbonyl (C=O) groups excluding carboxylic acids is 1. The van der Waals surface area contributed by atoms with Crippen molar-refractivity contribution in [3.8, 4) is 0 Å². The fourth-order valence-corrected chi connectivity index (χ4v) is 2.91. The summed E-state index contributed by atoms with van der Waals surface area (Å²) in [4.78, 5) is 14.3. The molecule has 2 aliphatic heterocycles. The predicted molar refractivity (Wildman–Crippen MR) is 66.5 cm³/mol. The molecule has 2 aliphatic rings. The first-order valence-corrected chi connectivity index (χ1v) is 6.78. The van der Waals surface area contributed by atoms with Crippen LogP contribution in [0.5, 0.6) is 0 Å². The molecular formula is C13H24N2O2.